The Labute approximate surface area is 145 Å². The summed E-state index contributed by atoms with van der Waals surface area (Å²) in [5.74, 6) is -0.769. The number of rotatable bonds is 7. The molecule has 2 N–H and O–H groups in total. The maximum absolute atomic E-state index is 12.6. The second kappa shape index (κ2) is 7.34. The minimum atomic E-state index is -0.906. The topological polar surface area (TPSA) is 96.5 Å². The molecule has 2 rings (SSSR count). The molecule has 0 spiro atoms. The first-order valence-corrected chi connectivity index (χ1v) is 7.92. The number of aryl methyl sites for hydroxylation is 1. The van der Waals surface area contributed by atoms with Gasteiger partial charge in [-0.2, -0.15) is 0 Å². The first kappa shape index (κ1) is 18.4. The van der Waals surface area contributed by atoms with Crippen LogP contribution in [0.15, 0.2) is 24.3 Å². The number of benzene rings is 1. The van der Waals surface area contributed by atoms with Gasteiger partial charge in [-0.15, -0.1) is 0 Å². The monoisotopic (exact) mass is 343 g/mol. The number of aromatic nitrogens is 1. The minimum Gasteiger partial charge on any atom is -0.483 e. The number of carbonyl (C=O) groups is 3. The molecule has 0 aliphatic heterocycles. The van der Waals surface area contributed by atoms with Crippen LogP contribution >= 0.6 is 0 Å². The number of aromatic amines is 1. The van der Waals surface area contributed by atoms with E-state index in [1.54, 1.807) is 45.0 Å². The van der Waals surface area contributed by atoms with Crippen molar-refractivity contribution in [2.24, 2.45) is 0 Å². The number of carboxylic acids is 1. The van der Waals surface area contributed by atoms with Gasteiger partial charge in [-0.1, -0.05) is 12.1 Å². The van der Waals surface area contributed by atoms with Crippen LogP contribution < -0.4 is 4.74 Å². The lowest BCUT2D eigenvalue weighted by Gasteiger charge is -2.14. The Kier molecular flexibility index (Phi) is 5.41. The van der Waals surface area contributed by atoms with Gasteiger partial charge in [-0.25, -0.2) is 0 Å². The quantitative estimate of drug-likeness (QED) is 0.753. The molecule has 0 aliphatic carbocycles. The molecule has 1 aromatic carbocycles. The summed E-state index contributed by atoms with van der Waals surface area (Å²) in [6.45, 7) is 6.60. The summed E-state index contributed by atoms with van der Waals surface area (Å²) in [6.07, 6.45) is -0.814. The number of carbonyl (C=O) groups excluding carboxylic acids is 2. The molecule has 0 amide bonds. The number of Topliss-reactive ketones (excluding diaryl/α,β-unsaturated/α-hetero) is 2. The number of hydrogen-bond donors (Lipinski definition) is 2. The molecule has 0 saturated heterocycles. The van der Waals surface area contributed by atoms with E-state index in [-0.39, 0.29) is 18.0 Å². The Bertz CT molecular complexity index is 817. The minimum absolute atomic E-state index is 0.0659. The maximum Gasteiger partial charge on any atom is 0.307 e. The van der Waals surface area contributed by atoms with E-state index < -0.39 is 12.1 Å². The van der Waals surface area contributed by atoms with Gasteiger partial charge >= 0.3 is 5.97 Å². The van der Waals surface area contributed by atoms with Crippen molar-refractivity contribution in [1.29, 1.82) is 0 Å². The molecular formula is C19H21NO5. The molecule has 1 heterocycles. The standard InChI is InChI=1S/C19H21NO5/c1-10-17(12(3)21)11(2)20-18(10)19(24)13(4)25-15-7-5-14(6-8-15)9-16(22)23/h5-8,13,20H,9H2,1-4H3,(H,22,23)/t13-/m1/s1. The van der Waals surface area contributed by atoms with Gasteiger partial charge in [0, 0.05) is 11.3 Å². The Morgan fingerprint density at radius 3 is 2.24 bits per heavy atom. The molecule has 0 bridgehead atoms. The second-order valence-electron chi connectivity index (χ2n) is 6.02. The Morgan fingerprint density at radius 2 is 1.76 bits per heavy atom. The number of aliphatic carboxylic acids is 1. The normalized spacial score (nSPS) is 11.8. The number of hydrogen-bond acceptors (Lipinski definition) is 4. The number of ketones is 2. The van der Waals surface area contributed by atoms with Crippen LogP contribution in [0.1, 0.15) is 51.5 Å². The fraction of sp³-hybridized carbons (Fsp3) is 0.316. The summed E-state index contributed by atoms with van der Waals surface area (Å²) < 4.78 is 5.65. The van der Waals surface area contributed by atoms with E-state index in [2.05, 4.69) is 4.98 Å². The van der Waals surface area contributed by atoms with Gasteiger partial charge in [-0.05, 0) is 51.0 Å². The van der Waals surface area contributed by atoms with Crippen molar-refractivity contribution in [2.75, 3.05) is 0 Å². The largest absolute Gasteiger partial charge is 0.483 e. The fourth-order valence-corrected chi connectivity index (χ4v) is 2.85. The average Bonchev–Trinajstić information content (AvgIpc) is 2.82. The molecule has 132 valence electrons. The van der Waals surface area contributed by atoms with Gasteiger partial charge in [0.05, 0.1) is 12.1 Å². The van der Waals surface area contributed by atoms with Crippen LogP contribution in [0.4, 0.5) is 0 Å². The van der Waals surface area contributed by atoms with E-state index in [9.17, 15) is 14.4 Å². The van der Waals surface area contributed by atoms with E-state index in [4.69, 9.17) is 9.84 Å². The summed E-state index contributed by atoms with van der Waals surface area (Å²) in [5, 5.41) is 8.77. The number of nitrogens with one attached hydrogen (secondary N) is 1. The molecule has 0 saturated carbocycles. The van der Waals surface area contributed by atoms with Gasteiger partial charge < -0.3 is 14.8 Å². The van der Waals surface area contributed by atoms with Gasteiger partial charge in [0.25, 0.3) is 0 Å². The van der Waals surface area contributed by atoms with Crippen LogP contribution in [0.3, 0.4) is 0 Å². The molecule has 1 atom stereocenters. The maximum atomic E-state index is 12.6. The van der Waals surface area contributed by atoms with Crippen molar-refractivity contribution in [3.63, 3.8) is 0 Å². The van der Waals surface area contributed by atoms with E-state index in [1.165, 1.54) is 6.92 Å². The van der Waals surface area contributed by atoms with Gasteiger partial charge in [0.1, 0.15) is 5.75 Å². The molecule has 0 fully saturated rings. The van der Waals surface area contributed by atoms with Crippen molar-refractivity contribution in [3.05, 3.63) is 52.3 Å². The Morgan fingerprint density at radius 1 is 1.16 bits per heavy atom. The number of ether oxygens (including phenoxy) is 1. The lowest BCUT2D eigenvalue weighted by Crippen LogP contribution is -2.25. The third-order valence-electron chi connectivity index (χ3n) is 4.00. The van der Waals surface area contributed by atoms with Crippen molar-refractivity contribution < 1.29 is 24.2 Å². The SMILES string of the molecule is CC(=O)c1c(C)[nH]c(C(=O)[C@@H](C)Oc2ccc(CC(=O)O)cc2)c1C. The van der Waals surface area contributed by atoms with Gasteiger partial charge in [-0.3, -0.25) is 14.4 Å². The summed E-state index contributed by atoms with van der Waals surface area (Å²) >= 11 is 0. The predicted octanol–water partition coefficient (Wildman–Crippen LogP) is 3.11. The van der Waals surface area contributed by atoms with Crippen LogP contribution in [0.25, 0.3) is 0 Å². The van der Waals surface area contributed by atoms with Gasteiger partial charge in [0.15, 0.2) is 11.9 Å². The van der Waals surface area contributed by atoms with E-state index in [1.807, 2.05) is 0 Å². The molecule has 0 radical (unpaired) electrons. The summed E-state index contributed by atoms with van der Waals surface area (Å²) in [4.78, 5) is 38.0. The van der Waals surface area contributed by atoms with Crippen LogP contribution in [-0.2, 0) is 11.2 Å². The third kappa shape index (κ3) is 4.15. The fourth-order valence-electron chi connectivity index (χ4n) is 2.85. The van der Waals surface area contributed by atoms with Crippen molar-refractivity contribution >= 4 is 17.5 Å². The van der Waals surface area contributed by atoms with Crippen LogP contribution in [-0.4, -0.2) is 33.7 Å². The van der Waals surface area contributed by atoms with Crippen LogP contribution in [0.2, 0.25) is 0 Å². The zero-order valence-electron chi connectivity index (χ0n) is 14.7. The molecule has 1 aromatic heterocycles. The lowest BCUT2D eigenvalue weighted by atomic mass is 10.0. The third-order valence-corrected chi connectivity index (χ3v) is 4.00. The van der Waals surface area contributed by atoms with Crippen molar-refractivity contribution in [1.82, 2.24) is 4.98 Å². The highest BCUT2D eigenvalue weighted by molar-refractivity contribution is 6.04. The highest BCUT2D eigenvalue weighted by Crippen LogP contribution is 2.21. The first-order chi connectivity index (χ1) is 11.7. The van der Waals surface area contributed by atoms with Crippen molar-refractivity contribution in [2.45, 2.75) is 40.2 Å². The highest BCUT2D eigenvalue weighted by Gasteiger charge is 2.24. The predicted molar refractivity (Wildman–Crippen MR) is 92.5 cm³/mol. The van der Waals surface area contributed by atoms with Crippen molar-refractivity contribution in [3.8, 4) is 5.75 Å². The van der Waals surface area contributed by atoms with Crippen LogP contribution in [0, 0.1) is 13.8 Å². The number of carboxylic acid groups (broad SMARTS) is 1. The van der Waals surface area contributed by atoms with E-state index >= 15 is 0 Å². The van der Waals surface area contributed by atoms with Crippen LogP contribution in [0.5, 0.6) is 5.75 Å². The molecule has 25 heavy (non-hydrogen) atoms. The highest BCUT2D eigenvalue weighted by atomic mass is 16.5. The number of H-pyrrole nitrogens is 1. The Hall–Kier alpha value is -2.89. The summed E-state index contributed by atoms with van der Waals surface area (Å²) in [7, 11) is 0. The van der Waals surface area contributed by atoms with E-state index in [0.29, 0.717) is 33.8 Å². The molecule has 0 aliphatic rings. The molecule has 6 nitrogen and oxygen atoms in total. The smallest absolute Gasteiger partial charge is 0.307 e. The average molecular weight is 343 g/mol. The molecular weight excluding hydrogens is 322 g/mol. The van der Waals surface area contributed by atoms with E-state index in [0.717, 1.165) is 0 Å². The lowest BCUT2D eigenvalue weighted by molar-refractivity contribution is -0.136. The zero-order chi connectivity index (χ0) is 18.7. The second-order valence-corrected chi connectivity index (χ2v) is 6.02. The molecule has 6 heteroatoms. The summed E-state index contributed by atoms with van der Waals surface area (Å²) in [6, 6.07) is 6.57. The Balaban J connectivity index is 2.14. The summed E-state index contributed by atoms with van der Waals surface area (Å²) in [5.41, 5.74) is 2.85. The zero-order valence-corrected chi connectivity index (χ0v) is 14.7. The van der Waals surface area contributed by atoms with Gasteiger partial charge in [0.2, 0.25) is 5.78 Å². The first-order valence-electron chi connectivity index (χ1n) is 7.92. The molecule has 0 unspecified atom stereocenters. The molecule has 2 aromatic rings.